The fourth-order valence-electron chi connectivity index (χ4n) is 5.91. The van der Waals surface area contributed by atoms with E-state index in [-0.39, 0.29) is 14.5 Å². The fraction of sp³-hybridized carbons (Fsp3) is 0. The number of nitrogens with zero attached hydrogens (tertiary/aromatic N) is 1. The summed E-state index contributed by atoms with van der Waals surface area (Å²) in [4.78, 5) is 2.38. The Bertz CT molecular complexity index is 2140. The molecule has 0 N–H and O–H groups in total. The molecule has 0 amide bonds. The molecule has 0 radical (unpaired) electrons. The van der Waals surface area contributed by atoms with E-state index in [0.29, 0.717) is 0 Å². The van der Waals surface area contributed by atoms with Gasteiger partial charge >= 0.3 is 240 Å². The van der Waals surface area contributed by atoms with Crippen LogP contribution < -0.4 is 4.90 Å². The van der Waals surface area contributed by atoms with Gasteiger partial charge in [-0.05, 0) is 0 Å². The summed E-state index contributed by atoms with van der Waals surface area (Å²) in [6.45, 7) is 0. The summed E-state index contributed by atoms with van der Waals surface area (Å²) < 4.78 is 2.95. The van der Waals surface area contributed by atoms with Gasteiger partial charge in [0.05, 0.1) is 0 Å². The third kappa shape index (κ3) is 3.85. The van der Waals surface area contributed by atoms with Crippen LogP contribution in [-0.2, 0) is 0 Å². The van der Waals surface area contributed by atoms with Gasteiger partial charge in [0, 0.05) is 0 Å². The Hall–Kier alpha value is -4.62. The summed E-state index contributed by atoms with van der Waals surface area (Å²) in [5, 5.41) is 8.19. The number of benzene rings is 7. The number of anilines is 3. The minimum atomic E-state index is 0.226. The van der Waals surface area contributed by atoms with Gasteiger partial charge in [0.25, 0.3) is 0 Å². The van der Waals surface area contributed by atoms with Crippen LogP contribution in [-0.4, -0.2) is 14.5 Å². The van der Waals surface area contributed by atoms with Crippen LogP contribution in [0.2, 0.25) is 0 Å². The molecule has 0 fully saturated rings. The maximum atomic E-state index is 2.42. The second kappa shape index (κ2) is 9.54. The van der Waals surface area contributed by atoms with E-state index in [0.717, 1.165) is 11.4 Å². The zero-order valence-electron chi connectivity index (χ0n) is 21.8. The van der Waals surface area contributed by atoms with E-state index in [9.17, 15) is 0 Å². The van der Waals surface area contributed by atoms with Gasteiger partial charge in [-0.25, -0.2) is 0 Å². The van der Waals surface area contributed by atoms with Crippen LogP contribution in [0.5, 0.6) is 0 Å². The molecule has 8 rings (SSSR count). The summed E-state index contributed by atoms with van der Waals surface area (Å²) in [6.07, 6.45) is 0. The van der Waals surface area contributed by atoms with Gasteiger partial charge in [0.1, 0.15) is 0 Å². The van der Waals surface area contributed by atoms with Crippen LogP contribution >= 0.6 is 0 Å². The summed E-state index contributed by atoms with van der Waals surface area (Å²) in [6, 6.07) is 55.2. The molecular weight excluding hydrogens is 549 g/mol. The monoisotopic (exact) mass is 575 g/mol. The number of para-hydroxylation sites is 1. The zero-order chi connectivity index (χ0) is 26.5. The molecule has 0 aliphatic carbocycles. The van der Waals surface area contributed by atoms with E-state index in [4.69, 9.17) is 0 Å². The van der Waals surface area contributed by atoms with Gasteiger partial charge in [0.15, 0.2) is 0 Å². The Balaban J connectivity index is 1.31. The number of hydrogen-bond acceptors (Lipinski definition) is 1. The molecule has 0 spiro atoms. The predicted octanol–water partition coefficient (Wildman–Crippen LogP) is 10.5. The van der Waals surface area contributed by atoms with Crippen LogP contribution in [0, 0.1) is 0 Å². The van der Waals surface area contributed by atoms with E-state index >= 15 is 0 Å². The Morgan fingerprint density at radius 1 is 0.400 bits per heavy atom. The molecule has 0 atom stereocenters. The van der Waals surface area contributed by atoms with Crippen molar-refractivity contribution in [1.29, 1.82) is 0 Å². The zero-order valence-corrected chi connectivity index (χ0v) is 23.5. The molecule has 8 aromatic rings. The summed E-state index contributed by atoms with van der Waals surface area (Å²) >= 11 is 0.226. The summed E-state index contributed by atoms with van der Waals surface area (Å²) in [7, 11) is 0. The molecule has 0 bridgehead atoms. The molecule has 0 saturated heterocycles. The molecule has 188 valence electrons. The molecule has 1 nitrogen and oxygen atoms in total. The molecule has 0 aliphatic heterocycles. The topological polar surface area (TPSA) is 3.24 Å². The van der Waals surface area contributed by atoms with Crippen molar-refractivity contribution in [3.8, 4) is 11.1 Å². The first-order valence-corrected chi connectivity index (χ1v) is 15.3. The van der Waals surface area contributed by atoms with Crippen LogP contribution in [0.1, 0.15) is 0 Å². The number of hydrogen-bond donors (Lipinski definition) is 0. The molecule has 0 saturated carbocycles. The second-order valence-electron chi connectivity index (χ2n) is 10.2. The summed E-state index contributed by atoms with van der Waals surface area (Å²) in [5.74, 6) is 0. The van der Waals surface area contributed by atoms with Crippen LogP contribution in [0.15, 0.2) is 152 Å². The van der Waals surface area contributed by atoms with E-state index in [2.05, 4.69) is 157 Å². The SMILES string of the molecule is c1ccc(-c2ccc(N(c3ccccc3)c3ccc4c(c3)[se]c3c4ccc4ccc5ccccc5c43)cc2)cc1. The van der Waals surface area contributed by atoms with Crippen molar-refractivity contribution in [2.45, 2.75) is 0 Å². The van der Waals surface area contributed by atoms with Crippen molar-refractivity contribution >= 4 is 72.4 Å². The predicted molar refractivity (Wildman–Crippen MR) is 174 cm³/mol. The molecule has 40 heavy (non-hydrogen) atoms. The van der Waals surface area contributed by atoms with Crippen molar-refractivity contribution in [2.24, 2.45) is 0 Å². The summed E-state index contributed by atoms with van der Waals surface area (Å²) in [5.41, 5.74) is 5.98. The molecule has 7 aromatic carbocycles. The minimum absolute atomic E-state index is 0.226. The quantitative estimate of drug-likeness (QED) is 0.149. The van der Waals surface area contributed by atoms with E-state index < -0.39 is 0 Å². The van der Waals surface area contributed by atoms with Gasteiger partial charge < -0.3 is 0 Å². The molecule has 0 unspecified atom stereocenters. The van der Waals surface area contributed by atoms with Crippen LogP contribution in [0.3, 0.4) is 0 Å². The Labute approximate surface area is 239 Å². The van der Waals surface area contributed by atoms with Gasteiger partial charge in [-0.1, -0.05) is 0 Å². The van der Waals surface area contributed by atoms with Gasteiger partial charge in [0.2, 0.25) is 0 Å². The van der Waals surface area contributed by atoms with Crippen LogP contribution in [0.25, 0.3) is 52.0 Å². The average molecular weight is 575 g/mol. The van der Waals surface area contributed by atoms with Crippen molar-refractivity contribution in [3.63, 3.8) is 0 Å². The third-order valence-electron chi connectivity index (χ3n) is 7.84. The van der Waals surface area contributed by atoms with E-state index in [1.54, 1.807) is 0 Å². The van der Waals surface area contributed by atoms with Crippen molar-refractivity contribution in [1.82, 2.24) is 0 Å². The Morgan fingerprint density at radius 2 is 1.00 bits per heavy atom. The molecule has 1 heterocycles. The molecule has 2 heteroatoms. The number of fused-ring (bicyclic) bond motifs is 7. The molecule has 0 aliphatic rings. The van der Waals surface area contributed by atoms with Gasteiger partial charge in [-0.3, -0.25) is 0 Å². The molecular formula is C38H25NSe. The first-order valence-electron chi connectivity index (χ1n) is 13.6. The van der Waals surface area contributed by atoms with E-state index in [1.807, 2.05) is 0 Å². The first kappa shape index (κ1) is 23.3. The maximum absolute atomic E-state index is 2.42. The van der Waals surface area contributed by atoms with Crippen molar-refractivity contribution in [3.05, 3.63) is 152 Å². The average Bonchev–Trinajstić information content (AvgIpc) is 3.40. The van der Waals surface area contributed by atoms with E-state index in [1.165, 1.54) is 57.7 Å². The standard InChI is InChI=1S/C38H25NSe/c1-3-9-26(10-4-1)27-17-20-31(21-18-27)39(30-12-5-2-6-13-30)32-22-24-34-35-23-19-29-16-15-28-11-7-8-14-33(28)37(29)38(35)40-36(34)25-32/h1-25H. The normalized spacial score (nSPS) is 11.5. The Kier molecular flexibility index (Phi) is 5.55. The van der Waals surface area contributed by atoms with Gasteiger partial charge in [-0.15, -0.1) is 0 Å². The second-order valence-corrected chi connectivity index (χ2v) is 12.4. The van der Waals surface area contributed by atoms with Crippen molar-refractivity contribution < 1.29 is 0 Å². The third-order valence-corrected chi connectivity index (χ3v) is 10.3. The first-order chi connectivity index (χ1) is 19.8. The van der Waals surface area contributed by atoms with Crippen LogP contribution in [0.4, 0.5) is 17.1 Å². The number of rotatable bonds is 4. The van der Waals surface area contributed by atoms with Gasteiger partial charge in [-0.2, -0.15) is 0 Å². The molecule has 1 aromatic heterocycles. The van der Waals surface area contributed by atoms with Crippen molar-refractivity contribution in [2.75, 3.05) is 4.90 Å². The fourth-order valence-corrected chi connectivity index (χ4v) is 8.65. The Morgan fingerprint density at radius 3 is 1.82 bits per heavy atom.